The van der Waals surface area contributed by atoms with E-state index in [-0.39, 0.29) is 0 Å². The molecule has 104 valence electrons. The molecule has 2 aromatic carbocycles. The average Bonchev–Trinajstić information content (AvgIpc) is 2.41. The van der Waals surface area contributed by atoms with E-state index >= 15 is 0 Å². The molecule has 0 aliphatic heterocycles. The second-order valence-electron chi connectivity index (χ2n) is 4.24. The number of esters is 1. The number of ether oxygens (including phenoxy) is 1. The third kappa shape index (κ3) is 3.92. The second-order valence-corrected chi connectivity index (χ2v) is 6.08. The van der Waals surface area contributed by atoms with Gasteiger partial charge in [-0.15, -0.1) is 0 Å². The topological polar surface area (TPSA) is 43.4 Å². The number of rotatable bonds is 4. The SMILES string of the molecule is CS(=O)Cc1cccc(C(=O)Oc2ccccc2Cl)c1. The Bertz CT molecular complexity index is 655. The molecule has 5 heteroatoms. The van der Waals surface area contributed by atoms with Crippen LogP contribution in [0.2, 0.25) is 5.02 Å². The fraction of sp³-hybridized carbons (Fsp3) is 0.133. The number of benzene rings is 2. The van der Waals surface area contributed by atoms with E-state index in [4.69, 9.17) is 16.3 Å². The summed E-state index contributed by atoms with van der Waals surface area (Å²) in [5.74, 6) is 0.248. The van der Waals surface area contributed by atoms with Crippen LogP contribution in [0, 0.1) is 0 Å². The highest BCUT2D eigenvalue weighted by molar-refractivity contribution is 7.83. The number of para-hydroxylation sites is 1. The predicted molar refractivity (Wildman–Crippen MR) is 80.6 cm³/mol. The predicted octanol–water partition coefficient (Wildman–Crippen LogP) is 3.44. The molecule has 0 spiro atoms. The van der Waals surface area contributed by atoms with E-state index in [1.54, 1.807) is 48.7 Å². The van der Waals surface area contributed by atoms with Crippen LogP contribution in [0.25, 0.3) is 0 Å². The van der Waals surface area contributed by atoms with E-state index in [1.807, 2.05) is 6.07 Å². The molecule has 3 nitrogen and oxygen atoms in total. The Morgan fingerprint density at radius 1 is 1.20 bits per heavy atom. The average molecular weight is 309 g/mol. The lowest BCUT2D eigenvalue weighted by atomic mass is 10.1. The van der Waals surface area contributed by atoms with Gasteiger partial charge < -0.3 is 4.74 Å². The quantitative estimate of drug-likeness (QED) is 0.642. The highest BCUT2D eigenvalue weighted by atomic mass is 35.5. The fourth-order valence-corrected chi connectivity index (χ4v) is 2.53. The Hall–Kier alpha value is -1.65. The van der Waals surface area contributed by atoms with Gasteiger partial charge in [-0.25, -0.2) is 4.79 Å². The molecule has 0 saturated carbocycles. The second kappa shape index (κ2) is 6.68. The summed E-state index contributed by atoms with van der Waals surface area (Å²) >= 11 is 5.94. The minimum absolute atomic E-state index is 0.323. The maximum atomic E-state index is 12.0. The van der Waals surface area contributed by atoms with Crippen LogP contribution in [0.5, 0.6) is 5.75 Å². The lowest BCUT2D eigenvalue weighted by Crippen LogP contribution is -2.09. The van der Waals surface area contributed by atoms with Gasteiger partial charge in [0, 0.05) is 22.8 Å². The molecule has 0 aliphatic rings. The van der Waals surface area contributed by atoms with Crippen LogP contribution in [0.4, 0.5) is 0 Å². The number of hydrogen-bond acceptors (Lipinski definition) is 3. The number of carbonyl (C=O) groups is 1. The normalized spacial score (nSPS) is 11.9. The lowest BCUT2D eigenvalue weighted by Gasteiger charge is -2.07. The van der Waals surface area contributed by atoms with Crippen LogP contribution >= 0.6 is 11.6 Å². The molecule has 20 heavy (non-hydrogen) atoms. The lowest BCUT2D eigenvalue weighted by molar-refractivity contribution is 0.0734. The molecule has 1 unspecified atom stereocenters. The van der Waals surface area contributed by atoms with Crippen LogP contribution in [0.15, 0.2) is 48.5 Å². The molecule has 0 amide bonds. The Balaban J connectivity index is 2.17. The maximum Gasteiger partial charge on any atom is 0.343 e. The van der Waals surface area contributed by atoms with Crippen molar-refractivity contribution in [1.29, 1.82) is 0 Å². The molecule has 1 atom stereocenters. The third-order valence-electron chi connectivity index (χ3n) is 2.57. The zero-order valence-electron chi connectivity index (χ0n) is 10.8. The van der Waals surface area contributed by atoms with Crippen molar-refractivity contribution < 1.29 is 13.7 Å². The van der Waals surface area contributed by atoms with Gasteiger partial charge in [-0.1, -0.05) is 35.9 Å². The van der Waals surface area contributed by atoms with E-state index in [1.165, 1.54) is 0 Å². The molecule has 0 heterocycles. The van der Waals surface area contributed by atoms with E-state index in [2.05, 4.69) is 0 Å². The van der Waals surface area contributed by atoms with Crippen molar-refractivity contribution >= 4 is 28.4 Å². The van der Waals surface area contributed by atoms with Crippen molar-refractivity contribution in [1.82, 2.24) is 0 Å². The van der Waals surface area contributed by atoms with Crippen molar-refractivity contribution in [3.8, 4) is 5.75 Å². The van der Waals surface area contributed by atoms with Gasteiger partial charge in [-0.05, 0) is 29.8 Å². The molecule has 0 fully saturated rings. The first-order valence-corrected chi connectivity index (χ1v) is 8.02. The van der Waals surface area contributed by atoms with E-state index in [0.717, 1.165) is 5.56 Å². The summed E-state index contributed by atoms with van der Waals surface area (Å²) in [5.41, 5.74) is 1.24. The van der Waals surface area contributed by atoms with Gasteiger partial charge in [-0.3, -0.25) is 4.21 Å². The summed E-state index contributed by atoms with van der Waals surface area (Å²) in [6.07, 6.45) is 1.62. The molecular formula is C15H13ClO3S. The van der Waals surface area contributed by atoms with Crippen LogP contribution in [0.1, 0.15) is 15.9 Å². The summed E-state index contributed by atoms with van der Waals surface area (Å²) in [5, 5.41) is 0.381. The van der Waals surface area contributed by atoms with Gasteiger partial charge in [0.1, 0.15) is 5.75 Å². The summed E-state index contributed by atoms with van der Waals surface area (Å²) in [6, 6.07) is 13.7. The monoisotopic (exact) mass is 308 g/mol. The van der Waals surface area contributed by atoms with E-state index in [0.29, 0.717) is 22.1 Å². The smallest absolute Gasteiger partial charge is 0.343 e. The highest BCUT2D eigenvalue weighted by Crippen LogP contribution is 2.24. The van der Waals surface area contributed by atoms with Crippen LogP contribution in [-0.2, 0) is 16.6 Å². The molecule has 0 aliphatic carbocycles. The molecule has 0 bridgehead atoms. The van der Waals surface area contributed by atoms with Crippen molar-refractivity contribution in [3.05, 3.63) is 64.7 Å². The van der Waals surface area contributed by atoms with Crippen molar-refractivity contribution in [3.63, 3.8) is 0 Å². The maximum absolute atomic E-state index is 12.0. The zero-order valence-corrected chi connectivity index (χ0v) is 12.4. The number of halogens is 1. The van der Waals surface area contributed by atoms with Crippen molar-refractivity contribution in [2.45, 2.75) is 5.75 Å². The standard InChI is InChI=1S/C15H13ClO3S/c1-20(18)10-11-5-4-6-12(9-11)15(17)19-14-8-3-2-7-13(14)16/h2-9H,10H2,1H3. The third-order valence-corrected chi connectivity index (χ3v) is 3.62. The summed E-state index contributed by atoms with van der Waals surface area (Å²) in [6.45, 7) is 0. The van der Waals surface area contributed by atoms with Gasteiger partial charge in [0.05, 0.1) is 10.6 Å². The molecule has 0 radical (unpaired) electrons. The first-order chi connectivity index (χ1) is 9.56. The first kappa shape index (κ1) is 14.8. The van der Waals surface area contributed by atoms with Crippen LogP contribution in [-0.4, -0.2) is 16.4 Å². The van der Waals surface area contributed by atoms with Gasteiger partial charge in [0.25, 0.3) is 0 Å². The van der Waals surface area contributed by atoms with Crippen LogP contribution < -0.4 is 4.74 Å². The Labute approximate surface area is 125 Å². The first-order valence-electron chi connectivity index (χ1n) is 5.92. The molecule has 0 N–H and O–H groups in total. The summed E-state index contributed by atoms with van der Waals surface area (Å²) in [4.78, 5) is 12.0. The molecule has 2 rings (SSSR count). The zero-order chi connectivity index (χ0) is 14.5. The van der Waals surface area contributed by atoms with Gasteiger partial charge in [0.15, 0.2) is 0 Å². The molecule has 0 aromatic heterocycles. The number of hydrogen-bond donors (Lipinski definition) is 0. The van der Waals surface area contributed by atoms with Gasteiger partial charge in [-0.2, -0.15) is 0 Å². The van der Waals surface area contributed by atoms with Gasteiger partial charge >= 0.3 is 5.97 Å². The fourth-order valence-electron chi connectivity index (χ4n) is 1.71. The minimum atomic E-state index is -0.953. The van der Waals surface area contributed by atoms with Gasteiger partial charge in [0.2, 0.25) is 0 Å². The number of carbonyl (C=O) groups excluding carboxylic acids is 1. The minimum Gasteiger partial charge on any atom is -0.421 e. The van der Waals surface area contributed by atoms with Crippen molar-refractivity contribution in [2.24, 2.45) is 0 Å². The van der Waals surface area contributed by atoms with Crippen molar-refractivity contribution in [2.75, 3.05) is 6.26 Å². The summed E-state index contributed by atoms with van der Waals surface area (Å²) < 4.78 is 16.5. The highest BCUT2D eigenvalue weighted by Gasteiger charge is 2.11. The Morgan fingerprint density at radius 3 is 2.65 bits per heavy atom. The summed E-state index contributed by atoms with van der Waals surface area (Å²) in [7, 11) is -0.953. The van der Waals surface area contributed by atoms with E-state index < -0.39 is 16.8 Å². The van der Waals surface area contributed by atoms with E-state index in [9.17, 15) is 9.00 Å². The molecular weight excluding hydrogens is 296 g/mol. The Morgan fingerprint density at radius 2 is 1.95 bits per heavy atom. The Kier molecular flexibility index (Phi) is 4.93. The molecule has 2 aromatic rings. The molecule has 0 saturated heterocycles. The van der Waals surface area contributed by atoms with Crippen LogP contribution in [0.3, 0.4) is 0 Å². The largest absolute Gasteiger partial charge is 0.421 e.